The van der Waals surface area contributed by atoms with Gasteiger partial charge in [-0.1, -0.05) is 6.07 Å². The number of aromatic nitrogens is 3. The molecule has 0 aliphatic rings. The van der Waals surface area contributed by atoms with Gasteiger partial charge >= 0.3 is 5.97 Å². The van der Waals surface area contributed by atoms with Gasteiger partial charge in [-0.15, -0.1) is 0 Å². The Morgan fingerprint density at radius 2 is 2.00 bits per heavy atom. The highest BCUT2D eigenvalue weighted by Gasteiger charge is 2.18. The maximum Gasteiger partial charge on any atom is 0.340 e. The lowest BCUT2D eigenvalue weighted by Crippen LogP contribution is -2.07. The van der Waals surface area contributed by atoms with Crippen LogP contribution >= 0.6 is 0 Å². The van der Waals surface area contributed by atoms with Crippen LogP contribution in [0.15, 0.2) is 42.6 Å². The molecule has 4 aromatic rings. The number of nitrogens with zero attached hydrogens (tertiary/aromatic N) is 3. The van der Waals surface area contributed by atoms with E-state index in [-0.39, 0.29) is 22.9 Å². The van der Waals surface area contributed by atoms with E-state index >= 15 is 0 Å². The van der Waals surface area contributed by atoms with Gasteiger partial charge in [0.1, 0.15) is 5.52 Å². The zero-order valence-corrected chi connectivity index (χ0v) is 13.7. The highest BCUT2D eigenvalue weighted by atomic mass is 16.5. The van der Waals surface area contributed by atoms with Crippen molar-refractivity contribution in [1.82, 2.24) is 14.4 Å². The molecule has 0 fully saturated rings. The van der Waals surface area contributed by atoms with Gasteiger partial charge in [0.15, 0.2) is 23.0 Å². The number of phenols is 2. The first-order valence-corrected chi connectivity index (χ1v) is 7.67. The second-order valence-electron chi connectivity index (χ2n) is 5.67. The van der Waals surface area contributed by atoms with Gasteiger partial charge in [-0.25, -0.2) is 14.8 Å². The lowest BCUT2D eigenvalue weighted by Gasteiger charge is -2.10. The van der Waals surface area contributed by atoms with Crippen LogP contribution < -0.4 is 5.73 Å². The molecular formula is C18H14N4O4. The summed E-state index contributed by atoms with van der Waals surface area (Å²) in [5, 5.41) is 19.4. The van der Waals surface area contributed by atoms with Crippen LogP contribution in [0.25, 0.3) is 27.9 Å². The number of hydrogen-bond donors (Lipinski definition) is 3. The highest BCUT2D eigenvalue weighted by Crippen LogP contribution is 2.33. The standard InChI is InChI=1S/C18H14N4O4/c1-26-18(25)10-3-2-4-11-15(10)21-16(19)17-20-8-12(22(11)17)9-5-6-13(23)14(24)7-9/h2-8,23-24H,1H3,(H2,19,21). The van der Waals surface area contributed by atoms with Crippen molar-refractivity contribution in [2.45, 2.75) is 0 Å². The van der Waals surface area contributed by atoms with E-state index in [1.165, 1.54) is 19.2 Å². The average Bonchev–Trinajstić information content (AvgIpc) is 3.09. The van der Waals surface area contributed by atoms with Crippen molar-refractivity contribution in [3.05, 3.63) is 48.2 Å². The van der Waals surface area contributed by atoms with E-state index in [1.54, 1.807) is 34.9 Å². The monoisotopic (exact) mass is 350 g/mol. The molecule has 0 spiro atoms. The van der Waals surface area contributed by atoms with Gasteiger partial charge in [-0.2, -0.15) is 0 Å². The summed E-state index contributed by atoms with van der Waals surface area (Å²) in [6.45, 7) is 0. The lowest BCUT2D eigenvalue weighted by atomic mass is 10.1. The largest absolute Gasteiger partial charge is 0.504 e. The molecule has 8 heteroatoms. The third kappa shape index (κ3) is 2.20. The summed E-state index contributed by atoms with van der Waals surface area (Å²) in [5.41, 5.74) is 8.97. The van der Waals surface area contributed by atoms with E-state index in [2.05, 4.69) is 9.97 Å². The van der Waals surface area contributed by atoms with Crippen LogP contribution in [0.3, 0.4) is 0 Å². The number of methoxy groups -OCH3 is 1. The summed E-state index contributed by atoms with van der Waals surface area (Å²) in [6.07, 6.45) is 1.59. The van der Waals surface area contributed by atoms with E-state index in [1.807, 2.05) is 0 Å². The van der Waals surface area contributed by atoms with E-state index in [4.69, 9.17) is 10.5 Å². The van der Waals surface area contributed by atoms with Gasteiger partial charge in [-0.3, -0.25) is 4.40 Å². The maximum atomic E-state index is 12.1. The Kier molecular flexibility index (Phi) is 3.40. The summed E-state index contributed by atoms with van der Waals surface area (Å²) in [7, 11) is 1.30. The first-order chi connectivity index (χ1) is 12.5. The molecule has 0 saturated carbocycles. The summed E-state index contributed by atoms with van der Waals surface area (Å²) in [4.78, 5) is 20.7. The zero-order chi connectivity index (χ0) is 18.4. The van der Waals surface area contributed by atoms with Gasteiger partial charge in [0, 0.05) is 5.56 Å². The number of rotatable bonds is 2. The minimum Gasteiger partial charge on any atom is -0.504 e. The van der Waals surface area contributed by atoms with Gasteiger partial charge in [-0.05, 0) is 30.3 Å². The van der Waals surface area contributed by atoms with E-state index in [0.29, 0.717) is 27.9 Å². The number of carbonyl (C=O) groups is 1. The quantitative estimate of drug-likeness (QED) is 0.374. The van der Waals surface area contributed by atoms with Crippen LogP contribution in [0.2, 0.25) is 0 Å². The number of fused-ring (bicyclic) bond motifs is 3. The highest BCUT2D eigenvalue weighted by molar-refractivity contribution is 6.03. The minimum atomic E-state index is -0.522. The second kappa shape index (κ2) is 5.62. The zero-order valence-electron chi connectivity index (χ0n) is 13.7. The Hall–Kier alpha value is -3.81. The molecule has 130 valence electrons. The van der Waals surface area contributed by atoms with Crippen LogP contribution in [0.4, 0.5) is 5.82 Å². The van der Waals surface area contributed by atoms with Crippen LogP contribution in [0.5, 0.6) is 11.5 Å². The van der Waals surface area contributed by atoms with Crippen molar-refractivity contribution in [2.75, 3.05) is 12.8 Å². The number of carbonyl (C=O) groups excluding carboxylic acids is 1. The fraction of sp³-hybridized carbons (Fsp3) is 0.0556. The predicted molar refractivity (Wildman–Crippen MR) is 95.0 cm³/mol. The van der Waals surface area contributed by atoms with Crippen molar-refractivity contribution in [1.29, 1.82) is 0 Å². The number of ether oxygens (including phenoxy) is 1. The van der Waals surface area contributed by atoms with E-state index in [0.717, 1.165) is 0 Å². The lowest BCUT2D eigenvalue weighted by molar-refractivity contribution is 0.0602. The molecule has 0 saturated heterocycles. The fourth-order valence-electron chi connectivity index (χ4n) is 2.94. The first-order valence-electron chi connectivity index (χ1n) is 7.67. The summed E-state index contributed by atoms with van der Waals surface area (Å²) >= 11 is 0. The summed E-state index contributed by atoms with van der Waals surface area (Å²) in [6, 6.07) is 9.55. The maximum absolute atomic E-state index is 12.1. The molecule has 4 rings (SSSR count). The molecule has 0 bridgehead atoms. The third-order valence-corrected chi connectivity index (χ3v) is 4.16. The van der Waals surface area contributed by atoms with Crippen molar-refractivity contribution >= 4 is 28.5 Å². The molecule has 2 aromatic carbocycles. The van der Waals surface area contributed by atoms with Crippen LogP contribution in [0, 0.1) is 0 Å². The van der Waals surface area contributed by atoms with E-state index < -0.39 is 5.97 Å². The normalized spacial score (nSPS) is 11.1. The number of para-hydroxylation sites is 1. The number of imidazole rings is 1. The molecule has 2 aromatic heterocycles. The molecule has 0 unspecified atom stereocenters. The Morgan fingerprint density at radius 1 is 1.19 bits per heavy atom. The third-order valence-electron chi connectivity index (χ3n) is 4.16. The Bertz CT molecular complexity index is 1180. The SMILES string of the molecule is COC(=O)c1cccc2c1nc(N)c1ncc(-c3ccc(O)c(O)c3)n12. The first kappa shape index (κ1) is 15.7. The smallest absolute Gasteiger partial charge is 0.340 e. The molecule has 0 aliphatic carbocycles. The number of benzene rings is 2. The van der Waals surface area contributed by atoms with Crippen molar-refractivity contribution in [3.63, 3.8) is 0 Å². The molecule has 4 N–H and O–H groups in total. The molecule has 0 amide bonds. The number of nitrogens with two attached hydrogens (primary N) is 1. The number of phenolic OH excluding ortho intramolecular Hbond substituents is 2. The molecule has 0 radical (unpaired) electrons. The average molecular weight is 350 g/mol. The van der Waals surface area contributed by atoms with Gasteiger partial charge < -0.3 is 20.7 Å². The molecule has 0 aliphatic heterocycles. The van der Waals surface area contributed by atoms with Crippen molar-refractivity contribution in [3.8, 4) is 22.8 Å². The Labute approximate surface area is 147 Å². The number of anilines is 1. The predicted octanol–water partition coefficient (Wildman–Crippen LogP) is 2.33. The van der Waals surface area contributed by atoms with Crippen LogP contribution in [-0.4, -0.2) is 37.7 Å². The van der Waals surface area contributed by atoms with Gasteiger partial charge in [0.25, 0.3) is 0 Å². The second-order valence-corrected chi connectivity index (χ2v) is 5.67. The van der Waals surface area contributed by atoms with Gasteiger partial charge in [0.2, 0.25) is 0 Å². The molecule has 8 nitrogen and oxygen atoms in total. The van der Waals surface area contributed by atoms with Gasteiger partial charge in [0.05, 0.1) is 30.1 Å². The molecular weight excluding hydrogens is 336 g/mol. The van der Waals surface area contributed by atoms with Crippen LogP contribution in [-0.2, 0) is 4.74 Å². The number of hydrogen-bond acceptors (Lipinski definition) is 7. The Morgan fingerprint density at radius 3 is 2.73 bits per heavy atom. The number of nitrogen functional groups attached to an aromatic ring is 1. The van der Waals surface area contributed by atoms with Crippen LogP contribution in [0.1, 0.15) is 10.4 Å². The summed E-state index contributed by atoms with van der Waals surface area (Å²) < 4.78 is 6.56. The topological polar surface area (TPSA) is 123 Å². The van der Waals surface area contributed by atoms with Crippen molar-refractivity contribution < 1.29 is 19.7 Å². The summed E-state index contributed by atoms with van der Waals surface area (Å²) in [5.74, 6) is -0.838. The Balaban J connectivity index is 2.11. The number of esters is 1. The minimum absolute atomic E-state index is 0.156. The molecule has 0 atom stereocenters. The fourth-order valence-corrected chi connectivity index (χ4v) is 2.94. The molecule has 2 heterocycles. The number of aromatic hydroxyl groups is 2. The molecule has 26 heavy (non-hydrogen) atoms. The van der Waals surface area contributed by atoms with Crippen molar-refractivity contribution in [2.24, 2.45) is 0 Å². The van der Waals surface area contributed by atoms with E-state index in [9.17, 15) is 15.0 Å².